The Morgan fingerprint density at radius 1 is 0.944 bits per heavy atom. The molecule has 192 valence electrons. The zero-order chi connectivity index (χ0) is 25.7. The summed E-state index contributed by atoms with van der Waals surface area (Å²) in [5.74, 6) is 0.368. The molecule has 6 nitrogen and oxygen atoms in total. The quantitative estimate of drug-likeness (QED) is 0.594. The fraction of sp³-hybridized carbons (Fsp3) is 0.467. The first-order valence-corrected chi connectivity index (χ1v) is 13.2. The fourth-order valence-electron chi connectivity index (χ4n) is 5.30. The second-order valence-corrected chi connectivity index (χ2v) is 10.3. The molecule has 2 amide bonds. The molecule has 3 aliphatic rings. The Kier molecular flexibility index (Phi) is 8.47. The molecule has 3 fully saturated rings. The van der Waals surface area contributed by atoms with Gasteiger partial charge in [-0.25, -0.2) is 0 Å². The number of rotatable bonds is 4. The number of piperazine rings is 1. The van der Waals surface area contributed by atoms with Gasteiger partial charge in [-0.3, -0.25) is 9.59 Å². The van der Waals surface area contributed by atoms with Gasteiger partial charge in [0.05, 0.1) is 0 Å². The van der Waals surface area contributed by atoms with Crippen LogP contribution in [0.1, 0.15) is 40.7 Å². The molecular formula is C30H40N4O2. The van der Waals surface area contributed by atoms with Crippen LogP contribution in [0, 0.1) is 19.8 Å². The number of hydrogen-bond donors (Lipinski definition) is 0. The molecule has 3 heterocycles. The molecule has 1 unspecified atom stereocenters. The van der Waals surface area contributed by atoms with Crippen LogP contribution in [0.25, 0.3) is 0 Å². The first-order valence-electron chi connectivity index (χ1n) is 13.2. The van der Waals surface area contributed by atoms with E-state index in [0.29, 0.717) is 31.6 Å². The summed E-state index contributed by atoms with van der Waals surface area (Å²) in [6, 6.07) is 14.0. The van der Waals surface area contributed by atoms with E-state index < -0.39 is 0 Å². The predicted octanol–water partition coefficient (Wildman–Crippen LogP) is 4.52. The average molecular weight is 489 g/mol. The first kappa shape index (κ1) is 26.0. The van der Waals surface area contributed by atoms with Gasteiger partial charge in [0, 0.05) is 62.0 Å². The lowest BCUT2D eigenvalue weighted by Crippen LogP contribution is -2.49. The predicted molar refractivity (Wildman–Crippen MR) is 148 cm³/mol. The summed E-state index contributed by atoms with van der Waals surface area (Å²) in [7, 11) is 2.17. The Labute approximate surface area is 216 Å². The molecule has 5 rings (SSSR count). The van der Waals surface area contributed by atoms with Crippen molar-refractivity contribution >= 4 is 23.2 Å². The van der Waals surface area contributed by atoms with Crippen molar-refractivity contribution in [3.05, 3.63) is 71.8 Å². The van der Waals surface area contributed by atoms with Crippen molar-refractivity contribution in [1.82, 2.24) is 9.80 Å². The molecule has 0 saturated carbocycles. The zero-order valence-corrected chi connectivity index (χ0v) is 22.1. The monoisotopic (exact) mass is 488 g/mol. The number of carbonyl (C=O) groups is 2. The summed E-state index contributed by atoms with van der Waals surface area (Å²) in [4.78, 5) is 33.6. The van der Waals surface area contributed by atoms with Gasteiger partial charge in [-0.15, -0.1) is 6.58 Å². The maximum absolute atomic E-state index is 13.0. The van der Waals surface area contributed by atoms with Gasteiger partial charge in [-0.1, -0.05) is 23.8 Å². The minimum atomic E-state index is 0.0542. The zero-order valence-electron chi connectivity index (χ0n) is 22.1. The van der Waals surface area contributed by atoms with E-state index in [1.54, 1.807) is 4.90 Å². The maximum atomic E-state index is 13.0. The van der Waals surface area contributed by atoms with Crippen molar-refractivity contribution in [2.75, 3.05) is 62.7 Å². The number of nitrogens with zero attached hydrogens (tertiary/aromatic N) is 4. The van der Waals surface area contributed by atoms with Crippen LogP contribution in [-0.4, -0.2) is 74.5 Å². The minimum absolute atomic E-state index is 0.0542. The van der Waals surface area contributed by atoms with E-state index in [2.05, 4.69) is 55.5 Å². The van der Waals surface area contributed by atoms with E-state index in [4.69, 9.17) is 0 Å². The topological polar surface area (TPSA) is 47.1 Å². The molecule has 3 aliphatic heterocycles. The van der Waals surface area contributed by atoms with E-state index in [1.165, 1.54) is 42.7 Å². The van der Waals surface area contributed by atoms with Gasteiger partial charge in [0.1, 0.15) is 0 Å². The van der Waals surface area contributed by atoms with Crippen molar-refractivity contribution < 1.29 is 9.59 Å². The van der Waals surface area contributed by atoms with Gasteiger partial charge in [-0.05, 0) is 82.7 Å². The summed E-state index contributed by atoms with van der Waals surface area (Å²) >= 11 is 0. The molecule has 0 radical (unpaired) electrons. The van der Waals surface area contributed by atoms with Gasteiger partial charge in [0.25, 0.3) is 5.91 Å². The third-order valence-electron chi connectivity index (χ3n) is 7.50. The first-order chi connectivity index (χ1) is 17.4. The van der Waals surface area contributed by atoms with Crippen molar-refractivity contribution in [3.63, 3.8) is 0 Å². The van der Waals surface area contributed by atoms with Crippen molar-refractivity contribution in [2.24, 2.45) is 5.92 Å². The summed E-state index contributed by atoms with van der Waals surface area (Å²) in [6.07, 6.45) is 5.18. The van der Waals surface area contributed by atoms with Crippen LogP contribution in [0.5, 0.6) is 0 Å². The smallest absolute Gasteiger partial charge is 0.253 e. The number of likely N-dealkylation sites (tertiary alicyclic amines) is 1. The second-order valence-electron chi connectivity index (χ2n) is 10.3. The lowest BCUT2D eigenvalue weighted by atomic mass is 10.1. The Morgan fingerprint density at radius 2 is 1.61 bits per heavy atom. The van der Waals surface area contributed by atoms with Gasteiger partial charge >= 0.3 is 0 Å². The Bertz CT molecular complexity index is 1070. The summed E-state index contributed by atoms with van der Waals surface area (Å²) in [5, 5.41) is 0. The molecule has 0 bridgehead atoms. The molecule has 1 atom stereocenters. The number of aryl methyl sites for hydroxylation is 2. The Morgan fingerprint density at radius 3 is 2.14 bits per heavy atom. The molecule has 0 spiro atoms. The maximum Gasteiger partial charge on any atom is 0.253 e. The van der Waals surface area contributed by atoms with Crippen LogP contribution < -0.4 is 9.80 Å². The van der Waals surface area contributed by atoms with Crippen molar-refractivity contribution in [2.45, 2.75) is 33.1 Å². The molecule has 2 aromatic rings. The lowest BCUT2D eigenvalue weighted by Gasteiger charge is -2.37. The van der Waals surface area contributed by atoms with E-state index in [0.717, 1.165) is 18.8 Å². The van der Waals surface area contributed by atoms with E-state index in [1.807, 2.05) is 35.2 Å². The Balaban J connectivity index is 0.000000445. The van der Waals surface area contributed by atoms with E-state index in [9.17, 15) is 9.59 Å². The van der Waals surface area contributed by atoms with E-state index in [-0.39, 0.29) is 17.7 Å². The number of carbonyl (C=O) groups excluding carboxylic acids is 2. The summed E-state index contributed by atoms with van der Waals surface area (Å²) in [5.41, 5.74) is 5.32. The largest absolute Gasteiger partial charge is 0.368 e. The number of hydrogen-bond acceptors (Lipinski definition) is 4. The van der Waals surface area contributed by atoms with Crippen LogP contribution in [0.3, 0.4) is 0 Å². The number of benzene rings is 2. The van der Waals surface area contributed by atoms with Gasteiger partial charge < -0.3 is 19.6 Å². The molecule has 36 heavy (non-hydrogen) atoms. The fourth-order valence-corrected chi connectivity index (χ4v) is 5.30. The highest BCUT2D eigenvalue weighted by Gasteiger charge is 2.29. The van der Waals surface area contributed by atoms with Crippen LogP contribution >= 0.6 is 0 Å². The summed E-state index contributed by atoms with van der Waals surface area (Å²) in [6.45, 7) is 14.4. The molecule has 6 heteroatoms. The molecule has 0 N–H and O–H groups in total. The van der Waals surface area contributed by atoms with Gasteiger partial charge in [-0.2, -0.15) is 0 Å². The van der Waals surface area contributed by atoms with Crippen LogP contribution in [0.15, 0.2) is 55.1 Å². The molecule has 0 aromatic heterocycles. The van der Waals surface area contributed by atoms with E-state index >= 15 is 0 Å². The van der Waals surface area contributed by atoms with Crippen LogP contribution in [0.2, 0.25) is 0 Å². The average Bonchev–Trinajstić information content (AvgIpc) is 3.52. The minimum Gasteiger partial charge on any atom is -0.368 e. The van der Waals surface area contributed by atoms with Crippen molar-refractivity contribution in [3.8, 4) is 0 Å². The van der Waals surface area contributed by atoms with Gasteiger partial charge in [0.15, 0.2) is 0 Å². The molecule has 0 aliphatic carbocycles. The second kappa shape index (κ2) is 11.7. The van der Waals surface area contributed by atoms with Gasteiger partial charge in [0.2, 0.25) is 5.91 Å². The summed E-state index contributed by atoms with van der Waals surface area (Å²) < 4.78 is 0. The number of anilines is 2. The number of amides is 2. The normalized spacial score (nSPS) is 20.4. The molecular weight excluding hydrogens is 448 g/mol. The third-order valence-corrected chi connectivity index (χ3v) is 7.50. The lowest BCUT2D eigenvalue weighted by molar-refractivity contribution is -0.117. The highest BCUT2D eigenvalue weighted by Crippen LogP contribution is 2.27. The highest BCUT2D eigenvalue weighted by molar-refractivity contribution is 5.98. The Hall–Kier alpha value is -3.12. The third kappa shape index (κ3) is 6.16. The molecule has 3 saturated heterocycles. The molecule has 2 aromatic carbocycles. The van der Waals surface area contributed by atoms with Crippen LogP contribution in [-0.2, 0) is 4.79 Å². The SMILES string of the molecule is C=CC1CC(=O)N(c2ccc(C(=O)N3CCN(c4ccc(C)cc4C)CC3)cc2)C1.CN1CCCC1. The standard InChI is InChI=1S/C25H29N3O2.C5H11N/c1-4-20-16-24(29)28(17-20)22-8-6-21(7-9-22)25(30)27-13-11-26(12-14-27)23-10-5-18(2)15-19(23)3;1-6-4-2-3-5-6/h4-10,15,20H,1,11-14,16-17H2,2-3H3;2-5H2,1H3. The van der Waals surface area contributed by atoms with Crippen molar-refractivity contribution in [1.29, 1.82) is 0 Å². The van der Waals surface area contributed by atoms with Crippen LogP contribution in [0.4, 0.5) is 11.4 Å². The highest BCUT2D eigenvalue weighted by atomic mass is 16.2.